The van der Waals surface area contributed by atoms with Crippen LogP contribution in [0.2, 0.25) is 0 Å². The zero-order valence-electron chi connectivity index (χ0n) is 8.44. The van der Waals surface area contributed by atoms with Gasteiger partial charge in [0.1, 0.15) is 5.65 Å². The summed E-state index contributed by atoms with van der Waals surface area (Å²) in [7, 11) is 0. The number of rotatable bonds is 1. The standard InChI is InChI=1S/C13H9FN2/c14-12-8-11(9-4-2-1-3-5-9)10-6-7-15-13(10)16-12/h1-8H,(H,15,16). The van der Waals surface area contributed by atoms with E-state index in [4.69, 9.17) is 0 Å². The number of hydrogen-bond donors (Lipinski definition) is 1. The number of hydrogen-bond acceptors (Lipinski definition) is 1. The van der Waals surface area contributed by atoms with Crippen molar-refractivity contribution in [1.82, 2.24) is 9.97 Å². The van der Waals surface area contributed by atoms with Crippen LogP contribution in [-0.4, -0.2) is 9.97 Å². The minimum Gasteiger partial charge on any atom is -0.346 e. The molecule has 3 aromatic rings. The lowest BCUT2D eigenvalue weighted by Gasteiger charge is -2.03. The third kappa shape index (κ3) is 1.37. The van der Waals surface area contributed by atoms with Gasteiger partial charge in [0.15, 0.2) is 0 Å². The zero-order valence-corrected chi connectivity index (χ0v) is 8.44. The molecule has 0 aliphatic heterocycles. The Morgan fingerprint density at radius 3 is 2.69 bits per heavy atom. The second-order valence-electron chi connectivity index (χ2n) is 3.60. The van der Waals surface area contributed by atoms with Crippen LogP contribution in [0.25, 0.3) is 22.2 Å². The first kappa shape index (κ1) is 9.09. The first-order chi connectivity index (χ1) is 7.84. The maximum atomic E-state index is 13.3. The van der Waals surface area contributed by atoms with Crippen molar-refractivity contribution in [3.05, 3.63) is 54.6 Å². The van der Waals surface area contributed by atoms with Crippen molar-refractivity contribution < 1.29 is 4.39 Å². The molecule has 0 amide bonds. The Kier molecular flexibility index (Phi) is 1.96. The SMILES string of the molecule is Fc1cc(-c2ccccc2)c2cc[nH]c2n1. The van der Waals surface area contributed by atoms with E-state index in [0.717, 1.165) is 16.5 Å². The molecular weight excluding hydrogens is 203 g/mol. The number of fused-ring (bicyclic) bond motifs is 1. The molecule has 3 rings (SSSR count). The van der Waals surface area contributed by atoms with E-state index in [2.05, 4.69) is 9.97 Å². The van der Waals surface area contributed by atoms with E-state index in [1.807, 2.05) is 36.4 Å². The smallest absolute Gasteiger partial charge is 0.215 e. The van der Waals surface area contributed by atoms with Crippen LogP contribution in [0.4, 0.5) is 4.39 Å². The molecule has 0 radical (unpaired) electrons. The number of pyridine rings is 1. The highest BCUT2D eigenvalue weighted by molar-refractivity contribution is 5.92. The Bertz CT molecular complexity index is 629. The van der Waals surface area contributed by atoms with Gasteiger partial charge < -0.3 is 4.98 Å². The minimum absolute atomic E-state index is 0.464. The maximum absolute atomic E-state index is 13.3. The number of H-pyrrole nitrogens is 1. The van der Waals surface area contributed by atoms with Crippen molar-refractivity contribution >= 4 is 11.0 Å². The number of nitrogens with one attached hydrogen (secondary N) is 1. The van der Waals surface area contributed by atoms with Gasteiger partial charge in [-0.25, -0.2) is 4.98 Å². The lowest BCUT2D eigenvalue weighted by atomic mass is 10.0. The molecule has 1 N–H and O–H groups in total. The third-order valence-corrected chi connectivity index (χ3v) is 2.58. The molecule has 2 nitrogen and oxygen atoms in total. The van der Waals surface area contributed by atoms with Crippen molar-refractivity contribution in [2.45, 2.75) is 0 Å². The van der Waals surface area contributed by atoms with Crippen molar-refractivity contribution in [3.8, 4) is 11.1 Å². The van der Waals surface area contributed by atoms with Crippen LogP contribution in [0, 0.1) is 5.95 Å². The van der Waals surface area contributed by atoms with E-state index in [1.54, 1.807) is 6.20 Å². The van der Waals surface area contributed by atoms with Gasteiger partial charge in [-0.15, -0.1) is 0 Å². The summed E-state index contributed by atoms with van der Waals surface area (Å²) >= 11 is 0. The highest BCUT2D eigenvalue weighted by atomic mass is 19.1. The number of nitrogens with zero attached hydrogens (tertiary/aromatic N) is 1. The highest BCUT2D eigenvalue weighted by Gasteiger charge is 2.07. The highest BCUT2D eigenvalue weighted by Crippen LogP contribution is 2.27. The van der Waals surface area contributed by atoms with Crippen molar-refractivity contribution in [2.24, 2.45) is 0 Å². The normalized spacial score (nSPS) is 10.8. The lowest BCUT2D eigenvalue weighted by Crippen LogP contribution is -1.87. The molecule has 16 heavy (non-hydrogen) atoms. The summed E-state index contributed by atoms with van der Waals surface area (Å²) in [4.78, 5) is 6.72. The van der Waals surface area contributed by atoms with Crippen LogP contribution in [-0.2, 0) is 0 Å². The van der Waals surface area contributed by atoms with Gasteiger partial charge in [-0.3, -0.25) is 0 Å². The van der Waals surface area contributed by atoms with Gasteiger partial charge in [0, 0.05) is 17.6 Å². The summed E-state index contributed by atoms with van der Waals surface area (Å²) in [5.41, 5.74) is 2.44. The Morgan fingerprint density at radius 2 is 1.88 bits per heavy atom. The molecule has 0 unspecified atom stereocenters. The largest absolute Gasteiger partial charge is 0.346 e. The quantitative estimate of drug-likeness (QED) is 0.615. The number of halogens is 1. The Labute approximate surface area is 91.8 Å². The van der Waals surface area contributed by atoms with E-state index in [0.29, 0.717) is 5.65 Å². The molecule has 0 fully saturated rings. The summed E-state index contributed by atoms with van der Waals surface area (Å²) < 4.78 is 13.3. The maximum Gasteiger partial charge on any atom is 0.215 e. The van der Waals surface area contributed by atoms with E-state index in [9.17, 15) is 4.39 Å². The van der Waals surface area contributed by atoms with Crippen LogP contribution in [0.5, 0.6) is 0 Å². The average Bonchev–Trinajstić information content (AvgIpc) is 2.77. The molecule has 0 saturated carbocycles. The van der Waals surface area contributed by atoms with Gasteiger partial charge >= 0.3 is 0 Å². The number of benzene rings is 1. The predicted molar refractivity (Wildman–Crippen MR) is 61.5 cm³/mol. The van der Waals surface area contributed by atoms with E-state index in [1.165, 1.54) is 6.07 Å². The summed E-state index contributed by atoms with van der Waals surface area (Å²) in [6.07, 6.45) is 1.77. The molecule has 0 aliphatic rings. The van der Waals surface area contributed by atoms with Gasteiger partial charge in [0.2, 0.25) is 5.95 Å². The van der Waals surface area contributed by atoms with E-state index in [-0.39, 0.29) is 0 Å². The first-order valence-corrected chi connectivity index (χ1v) is 5.03. The van der Waals surface area contributed by atoms with Crippen LogP contribution in [0.15, 0.2) is 48.7 Å². The Morgan fingerprint density at radius 1 is 1.06 bits per heavy atom. The molecule has 2 heterocycles. The summed E-state index contributed by atoms with van der Waals surface area (Å²) in [5, 5.41) is 0.938. The Balaban J connectivity index is 2.34. The van der Waals surface area contributed by atoms with Crippen molar-refractivity contribution in [2.75, 3.05) is 0 Å². The van der Waals surface area contributed by atoms with Gasteiger partial charge in [0.05, 0.1) is 0 Å². The van der Waals surface area contributed by atoms with Crippen LogP contribution < -0.4 is 0 Å². The first-order valence-electron chi connectivity index (χ1n) is 5.03. The summed E-state index contributed by atoms with van der Waals surface area (Å²) in [6, 6.07) is 13.1. The van der Waals surface area contributed by atoms with Crippen LogP contribution >= 0.6 is 0 Å². The second kappa shape index (κ2) is 3.45. The number of aromatic nitrogens is 2. The molecule has 0 spiro atoms. The van der Waals surface area contributed by atoms with Gasteiger partial charge in [-0.05, 0) is 17.2 Å². The van der Waals surface area contributed by atoms with Gasteiger partial charge in [-0.1, -0.05) is 30.3 Å². The van der Waals surface area contributed by atoms with Crippen LogP contribution in [0.3, 0.4) is 0 Å². The topological polar surface area (TPSA) is 28.7 Å². The second-order valence-corrected chi connectivity index (χ2v) is 3.60. The third-order valence-electron chi connectivity index (χ3n) is 2.58. The lowest BCUT2D eigenvalue weighted by molar-refractivity contribution is 0.589. The molecule has 0 aliphatic carbocycles. The van der Waals surface area contributed by atoms with E-state index < -0.39 is 5.95 Å². The molecule has 0 bridgehead atoms. The summed E-state index contributed by atoms with van der Waals surface area (Å²) in [6.45, 7) is 0. The summed E-state index contributed by atoms with van der Waals surface area (Å²) in [5.74, 6) is -0.464. The fourth-order valence-electron chi connectivity index (χ4n) is 1.86. The zero-order chi connectivity index (χ0) is 11.0. The fraction of sp³-hybridized carbons (Fsp3) is 0. The van der Waals surface area contributed by atoms with Crippen molar-refractivity contribution in [3.63, 3.8) is 0 Å². The monoisotopic (exact) mass is 212 g/mol. The molecule has 0 saturated heterocycles. The minimum atomic E-state index is -0.464. The molecule has 0 atom stereocenters. The van der Waals surface area contributed by atoms with E-state index >= 15 is 0 Å². The molecule has 2 aromatic heterocycles. The number of aromatic amines is 1. The Hall–Kier alpha value is -2.16. The van der Waals surface area contributed by atoms with Crippen molar-refractivity contribution in [1.29, 1.82) is 0 Å². The molecule has 3 heteroatoms. The predicted octanol–water partition coefficient (Wildman–Crippen LogP) is 3.37. The van der Waals surface area contributed by atoms with Gasteiger partial charge in [0.25, 0.3) is 0 Å². The average molecular weight is 212 g/mol. The molecular formula is C13H9FN2. The molecule has 78 valence electrons. The van der Waals surface area contributed by atoms with Crippen LogP contribution in [0.1, 0.15) is 0 Å². The van der Waals surface area contributed by atoms with Gasteiger partial charge in [-0.2, -0.15) is 4.39 Å². The fourth-order valence-corrected chi connectivity index (χ4v) is 1.86. The molecule has 1 aromatic carbocycles.